The maximum absolute atomic E-state index is 12.4. The number of benzene rings is 1. The van der Waals surface area contributed by atoms with E-state index in [0.29, 0.717) is 24.9 Å². The van der Waals surface area contributed by atoms with Crippen LogP contribution < -0.4 is 11.1 Å². The number of hydrogen-bond acceptors (Lipinski definition) is 4. The third-order valence-corrected chi connectivity index (χ3v) is 5.40. The number of hydrogen-bond donors (Lipinski definition) is 2. The quantitative estimate of drug-likeness (QED) is 0.719. The first-order chi connectivity index (χ1) is 10.7. The lowest BCUT2D eigenvalue weighted by Gasteiger charge is -2.31. The summed E-state index contributed by atoms with van der Waals surface area (Å²) < 4.78 is 47.5. The summed E-state index contributed by atoms with van der Waals surface area (Å²) in [4.78, 5) is 11.6. The van der Waals surface area contributed by atoms with Gasteiger partial charge < -0.3 is 11.1 Å². The summed E-state index contributed by atoms with van der Waals surface area (Å²) in [6.45, 7) is 4.18. The van der Waals surface area contributed by atoms with Gasteiger partial charge in [-0.1, -0.05) is 26.0 Å². The molecule has 1 aromatic carbocycles. The molecule has 1 aromatic rings. The summed E-state index contributed by atoms with van der Waals surface area (Å²) in [6.07, 6.45) is 1.41. The van der Waals surface area contributed by atoms with Crippen LogP contribution in [-0.4, -0.2) is 32.2 Å². The van der Waals surface area contributed by atoms with Gasteiger partial charge in [0.25, 0.3) is 0 Å². The average Bonchev–Trinajstić information content (AvgIpc) is 2.53. The second-order valence-corrected chi connectivity index (χ2v) is 7.28. The maximum Gasteiger partial charge on any atom is 0.341 e. The first-order valence-electron chi connectivity index (χ1n) is 7.33. The Morgan fingerprint density at radius 3 is 2.08 bits per heavy atom. The molecule has 0 aliphatic heterocycles. The lowest BCUT2D eigenvalue weighted by molar-refractivity contribution is -0.122. The van der Waals surface area contributed by atoms with Crippen molar-refractivity contribution >= 4 is 28.2 Å². The molecule has 0 bridgehead atoms. The number of alkyl halides is 2. The number of carbonyl (C=O) groups is 1. The predicted octanol–water partition coefficient (Wildman–Crippen LogP) is 2.28. The van der Waals surface area contributed by atoms with E-state index >= 15 is 0 Å². The fourth-order valence-corrected chi connectivity index (χ4v) is 2.91. The van der Waals surface area contributed by atoms with Crippen molar-refractivity contribution < 1.29 is 22.0 Å². The Labute approximate surface area is 147 Å². The minimum atomic E-state index is -4.61. The number of rotatable bonds is 8. The topological polar surface area (TPSA) is 89.3 Å². The normalized spacial score (nSPS) is 11.9. The minimum Gasteiger partial charge on any atom is -0.349 e. The molecule has 24 heavy (non-hydrogen) atoms. The molecule has 138 valence electrons. The molecule has 0 aliphatic rings. The predicted molar refractivity (Wildman–Crippen MR) is 91.1 cm³/mol. The molecule has 0 heterocycles. The summed E-state index contributed by atoms with van der Waals surface area (Å²) in [5.74, 6) is -3.71. The molecular weight excluding hydrogens is 362 g/mol. The van der Waals surface area contributed by atoms with Crippen LogP contribution in [0.15, 0.2) is 29.2 Å². The van der Waals surface area contributed by atoms with E-state index in [4.69, 9.17) is 5.73 Å². The van der Waals surface area contributed by atoms with Gasteiger partial charge in [-0.2, -0.15) is 8.78 Å². The van der Waals surface area contributed by atoms with Gasteiger partial charge in [-0.15, -0.1) is 12.4 Å². The van der Waals surface area contributed by atoms with Crippen molar-refractivity contribution in [2.45, 2.75) is 49.3 Å². The van der Waals surface area contributed by atoms with Crippen LogP contribution in [0.1, 0.15) is 32.3 Å². The van der Waals surface area contributed by atoms with E-state index in [1.807, 2.05) is 13.8 Å². The molecule has 9 heteroatoms. The molecule has 0 unspecified atom stereocenters. The molecular formula is C15H23ClF2N2O3S. The lowest BCUT2D eigenvalue weighted by Crippen LogP contribution is -2.53. The highest BCUT2D eigenvalue weighted by Crippen LogP contribution is 2.19. The van der Waals surface area contributed by atoms with Crippen LogP contribution in [-0.2, 0) is 21.1 Å². The molecule has 0 spiro atoms. The van der Waals surface area contributed by atoms with Gasteiger partial charge in [0.15, 0.2) is 0 Å². The van der Waals surface area contributed by atoms with E-state index in [9.17, 15) is 22.0 Å². The van der Waals surface area contributed by atoms with Gasteiger partial charge in [-0.25, -0.2) is 8.42 Å². The van der Waals surface area contributed by atoms with E-state index in [1.165, 1.54) is 12.1 Å². The summed E-state index contributed by atoms with van der Waals surface area (Å²) in [6, 6.07) is 4.88. The molecule has 0 radical (unpaired) electrons. The molecule has 0 aromatic heterocycles. The Morgan fingerprint density at radius 2 is 1.71 bits per heavy atom. The van der Waals surface area contributed by atoms with Crippen molar-refractivity contribution in [2.24, 2.45) is 5.73 Å². The number of halogens is 3. The smallest absolute Gasteiger partial charge is 0.341 e. The summed E-state index contributed by atoms with van der Waals surface area (Å²) in [5.41, 5.74) is 5.79. The van der Waals surface area contributed by atoms with Gasteiger partial charge in [-0.3, -0.25) is 4.79 Å². The number of nitrogens with one attached hydrogen (secondary N) is 1. The van der Waals surface area contributed by atoms with E-state index < -0.39 is 26.0 Å². The third-order valence-electron chi connectivity index (χ3n) is 4.00. The zero-order valence-corrected chi connectivity index (χ0v) is 15.2. The number of amides is 1. The van der Waals surface area contributed by atoms with Crippen molar-refractivity contribution in [3.05, 3.63) is 29.8 Å². The van der Waals surface area contributed by atoms with E-state index in [2.05, 4.69) is 5.32 Å². The van der Waals surface area contributed by atoms with Gasteiger partial charge >= 0.3 is 5.76 Å². The highest BCUT2D eigenvalue weighted by Gasteiger charge is 2.27. The number of carbonyl (C=O) groups excluding carboxylic acids is 1. The van der Waals surface area contributed by atoms with Crippen molar-refractivity contribution in [2.75, 3.05) is 6.54 Å². The van der Waals surface area contributed by atoms with Crippen molar-refractivity contribution in [1.29, 1.82) is 0 Å². The van der Waals surface area contributed by atoms with Gasteiger partial charge in [0.05, 0.1) is 16.9 Å². The van der Waals surface area contributed by atoms with Crippen LogP contribution >= 0.6 is 12.4 Å². The van der Waals surface area contributed by atoms with E-state index in [-0.39, 0.29) is 24.7 Å². The van der Waals surface area contributed by atoms with Crippen molar-refractivity contribution in [3.63, 3.8) is 0 Å². The van der Waals surface area contributed by atoms with Crippen LogP contribution in [0, 0.1) is 0 Å². The first kappa shape index (κ1) is 22.8. The SMILES string of the molecule is CCC(CC)(CN)NC(=O)Cc1ccc(S(=O)(=O)C(F)F)cc1.Cl. The first-order valence-corrected chi connectivity index (χ1v) is 8.87. The van der Waals surface area contributed by atoms with Crippen LogP contribution in [0.5, 0.6) is 0 Å². The van der Waals surface area contributed by atoms with Crippen LogP contribution in [0.2, 0.25) is 0 Å². The fraction of sp³-hybridized carbons (Fsp3) is 0.533. The molecule has 0 saturated carbocycles. The summed E-state index contributed by atoms with van der Waals surface area (Å²) in [5, 5.41) is 2.89. The molecule has 0 saturated heterocycles. The largest absolute Gasteiger partial charge is 0.349 e. The Bertz CT molecular complexity index is 624. The van der Waals surface area contributed by atoms with Gasteiger partial charge in [-0.05, 0) is 30.5 Å². The summed E-state index contributed by atoms with van der Waals surface area (Å²) >= 11 is 0. The van der Waals surface area contributed by atoms with Gasteiger partial charge in [0.2, 0.25) is 15.7 Å². The van der Waals surface area contributed by atoms with Crippen molar-refractivity contribution in [3.8, 4) is 0 Å². The maximum atomic E-state index is 12.4. The highest BCUT2D eigenvalue weighted by atomic mass is 35.5. The van der Waals surface area contributed by atoms with E-state index in [0.717, 1.165) is 12.1 Å². The van der Waals surface area contributed by atoms with Gasteiger partial charge in [0.1, 0.15) is 0 Å². The molecule has 0 atom stereocenters. The molecule has 0 fully saturated rings. The molecule has 1 rings (SSSR count). The Balaban J connectivity index is 0.00000529. The zero-order chi connectivity index (χ0) is 17.7. The Hall–Kier alpha value is -1.25. The standard InChI is InChI=1S/C15H22F2N2O3S.ClH/c1-3-15(4-2,10-18)19-13(20)9-11-5-7-12(8-6-11)23(21,22)14(16)17;/h5-8,14H,3-4,9-10,18H2,1-2H3,(H,19,20);1H. The average molecular weight is 385 g/mol. The Morgan fingerprint density at radius 1 is 1.21 bits per heavy atom. The summed E-state index contributed by atoms with van der Waals surface area (Å²) in [7, 11) is -4.61. The minimum absolute atomic E-state index is 0. The van der Waals surface area contributed by atoms with Crippen LogP contribution in [0.3, 0.4) is 0 Å². The second kappa shape index (κ2) is 9.29. The number of sulfone groups is 1. The third kappa shape index (κ3) is 5.39. The Kier molecular flexibility index (Phi) is 8.81. The second-order valence-electron chi connectivity index (χ2n) is 5.37. The monoisotopic (exact) mass is 384 g/mol. The van der Waals surface area contributed by atoms with Gasteiger partial charge in [0, 0.05) is 6.54 Å². The number of nitrogens with two attached hydrogens (primary N) is 1. The highest BCUT2D eigenvalue weighted by molar-refractivity contribution is 7.91. The lowest BCUT2D eigenvalue weighted by atomic mass is 9.92. The zero-order valence-electron chi connectivity index (χ0n) is 13.6. The fourth-order valence-electron chi connectivity index (χ4n) is 2.19. The molecule has 3 N–H and O–H groups in total. The van der Waals surface area contributed by atoms with Crippen LogP contribution in [0.25, 0.3) is 0 Å². The van der Waals surface area contributed by atoms with E-state index in [1.54, 1.807) is 0 Å². The molecule has 5 nitrogen and oxygen atoms in total. The molecule has 0 aliphatic carbocycles. The van der Waals surface area contributed by atoms with Crippen molar-refractivity contribution in [1.82, 2.24) is 5.32 Å². The molecule has 1 amide bonds. The van der Waals surface area contributed by atoms with Crippen LogP contribution in [0.4, 0.5) is 8.78 Å².